The number of hydrogen-bond donors (Lipinski definition) is 1. The highest BCUT2D eigenvalue weighted by atomic mass is 35.5. The van der Waals surface area contributed by atoms with Crippen LogP contribution in [0.15, 0.2) is 59.8 Å². The molecule has 0 fully saturated rings. The summed E-state index contributed by atoms with van der Waals surface area (Å²) < 4.78 is 1.63. The number of halogens is 2. The summed E-state index contributed by atoms with van der Waals surface area (Å²) in [6.45, 7) is 0.435. The molecular weight excluding hydrogens is 397 g/mol. The first kappa shape index (κ1) is 19.9. The summed E-state index contributed by atoms with van der Waals surface area (Å²) in [6, 6.07) is 14.7. The highest BCUT2D eigenvalue weighted by Gasteiger charge is 2.10. The van der Waals surface area contributed by atoms with E-state index in [0.717, 1.165) is 16.8 Å². The van der Waals surface area contributed by atoms with Crippen LogP contribution >= 0.6 is 23.2 Å². The van der Waals surface area contributed by atoms with Crippen molar-refractivity contribution >= 4 is 41.0 Å². The third-order valence-corrected chi connectivity index (χ3v) is 4.60. The molecular formula is C20H19Cl2N5O. The standard InChI is InChI=1S/C20H19Cl2N5O/c1-26(2)17-7-3-14(4-8-17)12-23-24-20(28)19-9-10-27(25-19)13-15-5-6-16(21)11-18(15)22/h3-12H,13H2,1-2H3,(H,24,28). The van der Waals surface area contributed by atoms with Gasteiger partial charge in [-0.2, -0.15) is 10.2 Å². The maximum absolute atomic E-state index is 12.2. The van der Waals surface area contributed by atoms with E-state index in [0.29, 0.717) is 16.6 Å². The van der Waals surface area contributed by atoms with Crippen LogP contribution in [0.1, 0.15) is 21.6 Å². The van der Waals surface area contributed by atoms with Crippen LogP contribution in [0.5, 0.6) is 0 Å². The molecule has 0 unspecified atom stereocenters. The summed E-state index contributed by atoms with van der Waals surface area (Å²) in [5.41, 5.74) is 5.59. The predicted molar refractivity (Wildman–Crippen MR) is 114 cm³/mol. The average molecular weight is 416 g/mol. The Bertz CT molecular complexity index is 996. The molecule has 1 aromatic heterocycles. The molecule has 144 valence electrons. The fourth-order valence-electron chi connectivity index (χ4n) is 2.48. The van der Waals surface area contributed by atoms with Crippen LogP contribution in [-0.2, 0) is 6.54 Å². The Morgan fingerprint density at radius 2 is 1.93 bits per heavy atom. The van der Waals surface area contributed by atoms with Crippen LogP contribution in [0, 0.1) is 0 Å². The van der Waals surface area contributed by atoms with Gasteiger partial charge in [0.05, 0.1) is 12.8 Å². The number of benzene rings is 2. The van der Waals surface area contributed by atoms with Gasteiger partial charge in [-0.05, 0) is 41.5 Å². The number of aromatic nitrogens is 2. The number of rotatable bonds is 6. The van der Waals surface area contributed by atoms with Crippen molar-refractivity contribution in [2.24, 2.45) is 5.10 Å². The van der Waals surface area contributed by atoms with Crippen molar-refractivity contribution in [2.45, 2.75) is 6.54 Å². The average Bonchev–Trinajstić information content (AvgIpc) is 3.13. The molecule has 0 radical (unpaired) electrons. The Kier molecular flexibility index (Phi) is 6.34. The maximum Gasteiger partial charge on any atom is 0.291 e. The minimum absolute atomic E-state index is 0.269. The lowest BCUT2D eigenvalue weighted by atomic mass is 10.2. The zero-order valence-electron chi connectivity index (χ0n) is 15.4. The molecule has 1 N–H and O–H groups in total. The fourth-order valence-corrected chi connectivity index (χ4v) is 2.94. The molecule has 0 bridgehead atoms. The first-order chi connectivity index (χ1) is 13.4. The summed E-state index contributed by atoms with van der Waals surface area (Å²) in [5.74, 6) is -0.387. The van der Waals surface area contributed by atoms with E-state index in [1.807, 2.05) is 49.3 Å². The number of amides is 1. The van der Waals surface area contributed by atoms with E-state index in [-0.39, 0.29) is 11.6 Å². The third-order valence-electron chi connectivity index (χ3n) is 4.01. The molecule has 0 spiro atoms. The van der Waals surface area contributed by atoms with E-state index in [4.69, 9.17) is 23.2 Å². The summed E-state index contributed by atoms with van der Waals surface area (Å²) in [5, 5.41) is 9.37. The molecule has 6 nitrogen and oxygen atoms in total. The molecule has 28 heavy (non-hydrogen) atoms. The number of carbonyl (C=O) groups is 1. The molecule has 2 aromatic carbocycles. The second-order valence-corrected chi connectivity index (χ2v) is 7.16. The number of nitrogens with zero attached hydrogens (tertiary/aromatic N) is 4. The van der Waals surface area contributed by atoms with Crippen molar-refractivity contribution in [1.82, 2.24) is 15.2 Å². The van der Waals surface area contributed by atoms with E-state index in [1.54, 1.807) is 35.3 Å². The molecule has 3 rings (SSSR count). The van der Waals surface area contributed by atoms with Crippen molar-refractivity contribution in [2.75, 3.05) is 19.0 Å². The van der Waals surface area contributed by atoms with Crippen LogP contribution in [0.25, 0.3) is 0 Å². The second kappa shape index (κ2) is 8.91. The highest BCUT2D eigenvalue weighted by molar-refractivity contribution is 6.35. The number of hydrogen-bond acceptors (Lipinski definition) is 4. The van der Waals surface area contributed by atoms with Gasteiger partial charge in [0, 0.05) is 36.0 Å². The first-order valence-electron chi connectivity index (χ1n) is 8.50. The lowest BCUT2D eigenvalue weighted by Crippen LogP contribution is -2.18. The van der Waals surface area contributed by atoms with E-state index in [1.165, 1.54) is 0 Å². The monoisotopic (exact) mass is 415 g/mol. The Morgan fingerprint density at radius 3 is 2.61 bits per heavy atom. The number of anilines is 1. The topological polar surface area (TPSA) is 62.5 Å². The minimum atomic E-state index is -0.387. The van der Waals surface area contributed by atoms with E-state index >= 15 is 0 Å². The van der Waals surface area contributed by atoms with Gasteiger partial charge in [-0.3, -0.25) is 9.48 Å². The van der Waals surface area contributed by atoms with E-state index < -0.39 is 0 Å². The predicted octanol–water partition coefficient (Wildman–Crippen LogP) is 4.07. The molecule has 3 aromatic rings. The molecule has 8 heteroatoms. The van der Waals surface area contributed by atoms with Crippen molar-refractivity contribution in [3.8, 4) is 0 Å². The molecule has 1 amide bonds. The van der Waals surface area contributed by atoms with Crippen LogP contribution in [0.4, 0.5) is 5.69 Å². The second-order valence-electron chi connectivity index (χ2n) is 6.32. The molecule has 0 atom stereocenters. The number of nitrogens with one attached hydrogen (secondary N) is 1. The molecule has 0 aliphatic rings. The summed E-state index contributed by atoms with van der Waals surface area (Å²) in [6.07, 6.45) is 3.30. The van der Waals surface area contributed by atoms with Crippen LogP contribution in [0.3, 0.4) is 0 Å². The Balaban J connectivity index is 1.59. The molecule has 0 saturated carbocycles. The first-order valence-corrected chi connectivity index (χ1v) is 9.26. The van der Waals surface area contributed by atoms with Crippen LogP contribution < -0.4 is 10.3 Å². The molecule has 0 aliphatic heterocycles. The van der Waals surface area contributed by atoms with Crippen LogP contribution in [-0.4, -0.2) is 36.0 Å². The van der Waals surface area contributed by atoms with Gasteiger partial charge in [-0.1, -0.05) is 41.4 Å². The quantitative estimate of drug-likeness (QED) is 0.487. The SMILES string of the molecule is CN(C)c1ccc(C=NNC(=O)c2ccn(Cc3ccc(Cl)cc3Cl)n2)cc1. The van der Waals surface area contributed by atoms with Gasteiger partial charge in [0.1, 0.15) is 0 Å². The Hall–Kier alpha value is -2.83. The summed E-state index contributed by atoms with van der Waals surface area (Å²) in [7, 11) is 3.95. The number of hydrazone groups is 1. The molecule has 1 heterocycles. The van der Waals surface area contributed by atoms with Gasteiger partial charge in [0.15, 0.2) is 5.69 Å². The minimum Gasteiger partial charge on any atom is -0.378 e. The van der Waals surface area contributed by atoms with Gasteiger partial charge < -0.3 is 4.90 Å². The zero-order valence-corrected chi connectivity index (χ0v) is 16.9. The van der Waals surface area contributed by atoms with Crippen LogP contribution in [0.2, 0.25) is 10.0 Å². The third kappa shape index (κ3) is 5.12. The largest absolute Gasteiger partial charge is 0.378 e. The van der Waals surface area contributed by atoms with Gasteiger partial charge >= 0.3 is 0 Å². The smallest absolute Gasteiger partial charge is 0.291 e. The molecule has 0 aliphatic carbocycles. The fraction of sp³-hybridized carbons (Fsp3) is 0.150. The van der Waals surface area contributed by atoms with Crippen molar-refractivity contribution < 1.29 is 4.79 Å². The Morgan fingerprint density at radius 1 is 1.18 bits per heavy atom. The molecule has 0 saturated heterocycles. The lowest BCUT2D eigenvalue weighted by molar-refractivity contribution is 0.0949. The van der Waals surface area contributed by atoms with E-state index in [2.05, 4.69) is 15.6 Å². The van der Waals surface area contributed by atoms with Crippen molar-refractivity contribution in [3.05, 3.63) is 81.6 Å². The van der Waals surface area contributed by atoms with Gasteiger partial charge in [-0.15, -0.1) is 0 Å². The van der Waals surface area contributed by atoms with Gasteiger partial charge in [0.25, 0.3) is 5.91 Å². The maximum atomic E-state index is 12.2. The number of carbonyl (C=O) groups excluding carboxylic acids is 1. The summed E-state index contributed by atoms with van der Waals surface area (Å²) >= 11 is 12.1. The van der Waals surface area contributed by atoms with Crippen molar-refractivity contribution in [3.63, 3.8) is 0 Å². The van der Waals surface area contributed by atoms with Gasteiger partial charge in [0.2, 0.25) is 0 Å². The van der Waals surface area contributed by atoms with Gasteiger partial charge in [-0.25, -0.2) is 5.43 Å². The highest BCUT2D eigenvalue weighted by Crippen LogP contribution is 2.21. The van der Waals surface area contributed by atoms with Crippen molar-refractivity contribution in [1.29, 1.82) is 0 Å². The lowest BCUT2D eigenvalue weighted by Gasteiger charge is -2.11. The normalized spacial score (nSPS) is 11.0. The Labute approximate surface area is 173 Å². The summed E-state index contributed by atoms with van der Waals surface area (Å²) in [4.78, 5) is 14.2. The van der Waals surface area contributed by atoms with E-state index in [9.17, 15) is 4.79 Å². The zero-order chi connectivity index (χ0) is 20.1.